The van der Waals surface area contributed by atoms with Gasteiger partial charge in [-0.05, 0) is 56.5 Å². The van der Waals surface area contributed by atoms with Gasteiger partial charge in [0.1, 0.15) is 5.82 Å². The summed E-state index contributed by atoms with van der Waals surface area (Å²) in [5.74, 6) is 0.543. The van der Waals surface area contributed by atoms with E-state index in [4.69, 9.17) is 4.98 Å². The fourth-order valence-electron chi connectivity index (χ4n) is 3.74. The molecule has 1 aliphatic rings. The van der Waals surface area contributed by atoms with Crippen molar-refractivity contribution in [1.82, 2.24) is 20.1 Å². The third kappa shape index (κ3) is 3.69. The van der Waals surface area contributed by atoms with Gasteiger partial charge in [0, 0.05) is 12.6 Å². The normalized spacial score (nSPS) is 16.9. The van der Waals surface area contributed by atoms with Crippen LogP contribution in [0, 0.1) is 5.82 Å². The van der Waals surface area contributed by atoms with Crippen LogP contribution in [-0.4, -0.2) is 38.6 Å². The quantitative estimate of drug-likeness (QED) is 0.705. The highest BCUT2D eigenvalue weighted by Gasteiger charge is 2.31. The number of fused-ring (bicyclic) bond motifs is 1. The Morgan fingerprint density at radius 2 is 2.07 bits per heavy atom. The van der Waals surface area contributed by atoms with Crippen molar-refractivity contribution in [3.05, 3.63) is 53.5 Å². The minimum Gasteiger partial charge on any atom is -0.366 e. The molecule has 0 radical (unpaired) electrons. The first-order valence-corrected chi connectivity index (χ1v) is 9.67. The number of hydrogen-bond donors (Lipinski definition) is 2. The molecule has 1 saturated heterocycles. The third-order valence-corrected chi connectivity index (χ3v) is 5.05. The van der Waals surface area contributed by atoms with Gasteiger partial charge in [0.25, 0.3) is 0 Å². The van der Waals surface area contributed by atoms with Crippen molar-refractivity contribution >= 4 is 22.8 Å². The number of nitrogens with zero attached hydrogens (tertiary/aromatic N) is 3. The number of amides is 1. The van der Waals surface area contributed by atoms with Gasteiger partial charge in [0.05, 0.1) is 23.5 Å². The molecule has 146 valence electrons. The average Bonchev–Trinajstić information content (AvgIpc) is 3.30. The lowest BCUT2D eigenvalue weighted by atomic mass is 10.1. The number of pyridine rings is 1. The van der Waals surface area contributed by atoms with E-state index in [0.717, 1.165) is 41.0 Å². The minimum absolute atomic E-state index is 0.0397. The molecule has 0 spiro atoms. The molecule has 3 heterocycles. The van der Waals surface area contributed by atoms with E-state index in [9.17, 15) is 9.18 Å². The number of nitrogens with one attached hydrogen (secondary N) is 2. The number of hydrogen-bond acceptors (Lipinski definition) is 4. The Bertz CT molecular complexity index is 982. The van der Waals surface area contributed by atoms with E-state index in [1.54, 1.807) is 12.1 Å². The number of aromatic amines is 1. The van der Waals surface area contributed by atoms with Gasteiger partial charge in [0.15, 0.2) is 11.5 Å². The van der Waals surface area contributed by atoms with Gasteiger partial charge in [-0.3, -0.25) is 9.89 Å². The second-order valence-corrected chi connectivity index (χ2v) is 7.55. The van der Waals surface area contributed by atoms with Crippen molar-refractivity contribution in [2.24, 2.45) is 0 Å². The highest BCUT2D eigenvalue weighted by atomic mass is 19.1. The van der Waals surface area contributed by atoms with Crippen molar-refractivity contribution in [2.45, 2.75) is 45.2 Å². The number of rotatable bonds is 5. The lowest BCUT2D eigenvalue weighted by Crippen LogP contribution is -2.32. The fourth-order valence-corrected chi connectivity index (χ4v) is 3.74. The molecule has 0 saturated carbocycles. The van der Waals surface area contributed by atoms with Crippen molar-refractivity contribution in [3.8, 4) is 0 Å². The summed E-state index contributed by atoms with van der Waals surface area (Å²) in [5.41, 5.74) is 2.41. The van der Waals surface area contributed by atoms with Gasteiger partial charge < -0.3 is 10.2 Å². The molecule has 2 aromatic heterocycles. The molecule has 1 fully saturated rings. The van der Waals surface area contributed by atoms with E-state index in [0.29, 0.717) is 6.54 Å². The van der Waals surface area contributed by atoms with Crippen LogP contribution in [0.5, 0.6) is 0 Å². The number of anilines is 1. The van der Waals surface area contributed by atoms with E-state index < -0.39 is 0 Å². The van der Waals surface area contributed by atoms with Crippen LogP contribution in [0.1, 0.15) is 44.0 Å². The zero-order valence-corrected chi connectivity index (χ0v) is 16.1. The SMILES string of the molecule is CC(C)Nc1n[nH]c2nc([C@@H]3CCCN3C(=O)Cc3ccc(F)cc3)ccc12. The van der Waals surface area contributed by atoms with Crippen LogP contribution in [-0.2, 0) is 11.2 Å². The largest absolute Gasteiger partial charge is 0.366 e. The van der Waals surface area contributed by atoms with Crippen LogP contribution in [0.3, 0.4) is 0 Å². The van der Waals surface area contributed by atoms with Gasteiger partial charge in [-0.25, -0.2) is 9.37 Å². The highest BCUT2D eigenvalue weighted by molar-refractivity contribution is 5.87. The zero-order valence-electron chi connectivity index (χ0n) is 16.1. The molecule has 6 nitrogen and oxygen atoms in total. The number of likely N-dealkylation sites (tertiary alicyclic amines) is 1. The predicted molar refractivity (Wildman–Crippen MR) is 106 cm³/mol. The number of aromatic nitrogens is 3. The summed E-state index contributed by atoms with van der Waals surface area (Å²) in [6.07, 6.45) is 2.10. The second kappa shape index (κ2) is 7.58. The van der Waals surface area contributed by atoms with E-state index in [1.165, 1.54) is 12.1 Å². The molecule has 2 N–H and O–H groups in total. The van der Waals surface area contributed by atoms with E-state index in [-0.39, 0.29) is 30.2 Å². The molecule has 0 unspecified atom stereocenters. The molecular formula is C21H24FN5O. The molecule has 1 amide bonds. The Hall–Kier alpha value is -2.96. The first-order chi connectivity index (χ1) is 13.5. The molecule has 1 aromatic carbocycles. The Labute approximate surface area is 163 Å². The van der Waals surface area contributed by atoms with Gasteiger partial charge in [-0.15, -0.1) is 0 Å². The van der Waals surface area contributed by atoms with Crippen LogP contribution < -0.4 is 5.32 Å². The van der Waals surface area contributed by atoms with Crippen molar-refractivity contribution in [1.29, 1.82) is 0 Å². The van der Waals surface area contributed by atoms with E-state index >= 15 is 0 Å². The molecule has 0 aliphatic carbocycles. The second-order valence-electron chi connectivity index (χ2n) is 7.55. The number of halogens is 1. The fraction of sp³-hybridized carbons (Fsp3) is 0.381. The number of carbonyl (C=O) groups is 1. The summed E-state index contributed by atoms with van der Waals surface area (Å²) < 4.78 is 13.1. The van der Waals surface area contributed by atoms with Crippen molar-refractivity contribution < 1.29 is 9.18 Å². The van der Waals surface area contributed by atoms with Crippen molar-refractivity contribution in [2.75, 3.05) is 11.9 Å². The molecule has 7 heteroatoms. The first-order valence-electron chi connectivity index (χ1n) is 9.67. The molecule has 3 aromatic rings. The lowest BCUT2D eigenvalue weighted by molar-refractivity contribution is -0.131. The standard InChI is InChI=1S/C21H24FN5O/c1-13(2)23-20-16-9-10-17(24-21(16)26-25-20)18-4-3-11-27(18)19(28)12-14-5-7-15(22)8-6-14/h5-10,13,18H,3-4,11-12H2,1-2H3,(H2,23,24,25,26)/t18-/m0/s1. The van der Waals surface area contributed by atoms with Crippen molar-refractivity contribution in [3.63, 3.8) is 0 Å². The Morgan fingerprint density at radius 3 is 2.82 bits per heavy atom. The van der Waals surface area contributed by atoms with Crippen LogP contribution in [0.4, 0.5) is 10.2 Å². The lowest BCUT2D eigenvalue weighted by Gasteiger charge is -2.24. The Balaban J connectivity index is 1.54. The highest BCUT2D eigenvalue weighted by Crippen LogP contribution is 2.33. The van der Waals surface area contributed by atoms with Crippen LogP contribution in [0.15, 0.2) is 36.4 Å². The van der Waals surface area contributed by atoms with Crippen LogP contribution in [0.25, 0.3) is 11.0 Å². The zero-order chi connectivity index (χ0) is 19.7. The number of H-pyrrole nitrogens is 1. The number of carbonyl (C=O) groups excluding carboxylic acids is 1. The van der Waals surface area contributed by atoms with Gasteiger partial charge in [0.2, 0.25) is 5.91 Å². The molecule has 28 heavy (non-hydrogen) atoms. The Kier molecular flexibility index (Phi) is 4.98. The topological polar surface area (TPSA) is 73.9 Å². The maximum absolute atomic E-state index is 13.1. The first kappa shape index (κ1) is 18.4. The van der Waals surface area contributed by atoms with Gasteiger partial charge >= 0.3 is 0 Å². The molecule has 1 aliphatic heterocycles. The summed E-state index contributed by atoms with van der Waals surface area (Å²) in [6.45, 7) is 4.84. The number of benzene rings is 1. The molecule has 0 bridgehead atoms. The monoisotopic (exact) mass is 381 g/mol. The third-order valence-electron chi connectivity index (χ3n) is 5.05. The summed E-state index contributed by atoms with van der Waals surface area (Å²) in [6, 6.07) is 10.3. The maximum Gasteiger partial charge on any atom is 0.227 e. The summed E-state index contributed by atoms with van der Waals surface area (Å²) >= 11 is 0. The predicted octanol–water partition coefficient (Wildman–Crippen LogP) is 3.82. The molecule has 1 atom stereocenters. The minimum atomic E-state index is -0.293. The molecular weight excluding hydrogens is 357 g/mol. The van der Waals surface area contributed by atoms with E-state index in [2.05, 4.69) is 29.4 Å². The van der Waals surface area contributed by atoms with Gasteiger partial charge in [-0.2, -0.15) is 5.10 Å². The van der Waals surface area contributed by atoms with E-state index in [1.807, 2.05) is 17.0 Å². The van der Waals surface area contributed by atoms with Crippen LogP contribution >= 0.6 is 0 Å². The summed E-state index contributed by atoms with van der Waals surface area (Å²) in [5, 5.41) is 11.5. The van der Waals surface area contributed by atoms with Crippen LogP contribution in [0.2, 0.25) is 0 Å². The Morgan fingerprint density at radius 1 is 1.29 bits per heavy atom. The summed E-state index contributed by atoms with van der Waals surface area (Å²) in [7, 11) is 0. The average molecular weight is 381 g/mol. The molecule has 4 rings (SSSR count). The maximum atomic E-state index is 13.1. The summed E-state index contributed by atoms with van der Waals surface area (Å²) in [4.78, 5) is 19.5. The van der Waals surface area contributed by atoms with Gasteiger partial charge in [-0.1, -0.05) is 12.1 Å². The smallest absolute Gasteiger partial charge is 0.227 e.